The Morgan fingerprint density at radius 1 is 1.14 bits per heavy atom. The van der Waals surface area contributed by atoms with Crippen LogP contribution in [0.3, 0.4) is 0 Å². The van der Waals surface area contributed by atoms with E-state index in [2.05, 4.69) is 13.8 Å². The summed E-state index contributed by atoms with van der Waals surface area (Å²) in [7, 11) is -3.58. The molecule has 0 fully saturated rings. The topological polar surface area (TPSA) is 43.4 Å². The van der Waals surface area contributed by atoms with Crippen molar-refractivity contribution in [2.45, 2.75) is 64.5 Å². The van der Waals surface area contributed by atoms with Crippen molar-refractivity contribution in [2.75, 3.05) is 6.61 Å². The van der Waals surface area contributed by atoms with Gasteiger partial charge in [0.1, 0.15) is 4.75 Å². The molecule has 1 aliphatic carbocycles. The van der Waals surface area contributed by atoms with E-state index >= 15 is 0 Å². The van der Waals surface area contributed by atoms with E-state index in [9.17, 15) is 8.42 Å². The Kier molecular flexibility index (Phi) is 10.5. The van der Waals surface area contributed by atoms with Gasteiger partial charge in [0.25, 0.3) is 10.1 Å². The first-order valence-corrected chi connectivity index (χ1v) is 9.45. The van der Waals surface area contributed by atoms with E-state index < -0.39 is 14.9 Å². The number of hydrogen-bond acceptors (Lipinski definition) is 3. The molecule has 0 aromatic heterocycles. The Morgan fingerprint density at radius 3 is 2.36 bits per heavy atom. The Morgan fingerprint density at radius 2 is 1.77 bits per heavy atom. The van der Waals surface area contributed by atoms with Crippen LogP contribution in [0.25, 0.3) is 0 Å². The van der Waals surface area contributed by atoms with Gasteiger partial charge in [-0.25, -0.2) is 0 Å². The molecule has 0 amide bonds. The number of unbranched alkanes of at least 4 members (excludes halogenated alkanes) is 3. The van der Waals surface area contributed by atoms with E-state index in [1.807, 2.05) is 19.1 Å². The van der Waals surface area contributed by atoms with Crippen LogP contribution < -0.4 is 0 Å². The van der Waals surface area contributed by atoms with Crippen molar-refractivity contribution in [1.82, 2.24) is 0 Å². The number of rotatable bonds is 9. The third kappa shape index (κ3) is 6.48. The molecular formula is C17H30NaO3S. The van der Waals surface area contributed by atoms with Gasteiger partial charge in [-0.15, -0.1) is 0 Å². The number of hydrogen-bond donors (Lipinski definition) is 0. The molecule has 0 saturated heterocycles. The minimum Gasteiger partial charge on any atom is -0.269 e. The maximum absolute atomic E-state index is 12.4. The zero-order chi connectivity index (χ0) is 15.9. The largest absolute Gasteiger partial charge is 0.277 e. The summed E-state index contributed by atoms with van der Waals surface area (Å²) in [6, 6.07) is 0. The third-order valence-electron chi connectivity index (χ3n) is 4.30. The molecule has 0 saturated carbocycles. The van der Waals surface area contributed by atoms with Gasteiger partial charge in [0, 0.05) is 29.6 Å². The molecule has 0 spiro atoms. The molecule has 0 aromatic rings. The van der Waals surface area contributed by atoms with E-state index in [-0.39, 0.29) is 35.5 Å². The predicted molar refractivity (Wildman–Crippen MR) is 94.4 cm³/mol. The van der Waals surface area contributed by atoms with Crippen LogP contribution in [0.1, 0.15) is 59.8 Å². The summed E-state index contributed by atoms with van der Waals surface area (Å²) in [6.07, 6.45) is 12.8. The van der Waals surface area contributed by atoms with Crippen molar-refractivity contribution in [3.8, 4) is 0 Å². The first-order valence-electron chi connectivity index (χ1n) is 8.04. The molecule has 22 heavy (non-hydrogen) atoms. The van der Waals surface area contributed by atoms with Crippen molar-refractivity contribution in [3.63, 3.8) is 0 Å². The van der Waals surface area contributed by atoms with Crippen LogP contribution in [0.15, 0.2) is 24.3 Å². The van der Waals surface area contributed by atoms with Crippen LogP contribution >= 0.6 is 0 Å². The molecule has 1 aliphatic rings. The first kappa shape index (κ1) is 22.4. The molecule has 0 aromatic carbocycles. The zero-order valence-electron chi connectivity index (χ0n) is 14.8. The molecule has 0 N–H and O–H groups in total. The first-order chi connectivity index (χ1) is 9.79. The van der Waals surface area contributed by atoms with Crippen LogP contribution in [0.2, 0.25) is 0 Å². The molecule has 3 nitrogen and oxygen atoms in total. The van der Waals surface area contributed by atoms with Gasteiger partial charge >= 0.3 is 0 Å². The van der Waals surface area contributed by atoms with E-state index in [0.717, 1.165) is 25.2 Å². The Bertz CT molecular complexity index is 468. The second-order valence-corrected chi connectivity index (χ2v) is 8.61. The van der Waals surface area contributed by atoms with Crippen LogP contribution in [-0.4, -0.2) is 49.3 Å². The van der Waals surface area contributed by atoms with Gasteiger partial charge < -0.3 is 0 Å². The summed E-state index contributed by atoms with van der Waals surface area (Å²) in [5.41, 5.74) is 0. The average molecular weight is 337 g/mol. The molecule has 1 rings (SSSR count). The second-order valence-electron chi connectivity index (χ2n) is 6.59. The van der Waals surface area contributed by atoms with Crippen molar-refractivity contribution >= 4 is 39.7 Å². The minimum absolute atomic E-state index is 0. The molecule has 0 bridgehead atoms. The summed E-state index contributed by atoms with van der Waals surface area (Å²) < 4.78 is 29.1. The monoisotopic (exact) mass is 337 g/mol. The molecule has 123 valence electrons. The molecule has 5 heteroatoms. The zero-order valence-corrected chi connectivity index (χ0v) is 17.7. The quantitative estimate of drug-likeness (QED) is 0.362. The Balaban J connectivity index is 0.00000441. The molecule has 2 unspecified atom stereocenters. The average Bonchev–Trinajstić information content (AvgIpc) is 2.40. The Hall–Kier alpha value is 0.390. The van der Waals surface area contributed by atoms with E-state index in [0.29, 0.717) is 6.61 Å². The smallest absolute Gasteiger partial charge is 0.269 e. The summed E-state index contributed by atoms with van der Waals surface area (Å²) in [5, 5.41) is 0. The van der Waals surface area contributed by atoms with Gasteiger partial charge in [-0.1, -0.05) is 70.8 Å². The summed E-state index contributed by atoms with van der Waals surface area (Å²) >= 11 is 0. The standard InChI is InChI=1S/C17H30O3S.Na/c1-15(2)11-7-5-6-10-14-20-21(18,19)17(4)13-9-8-12-16(17)3;/h8-9,12-13,15-16H,5-7,10-11,14H2,1-4H3;. The van der Waals surface area contributed by atoms with Crippen molar-refractivity contribution in [1.29, 1.82) is 0 Å². The normalized spacial score (nSPS) is 24.5. The SMILES string of the molecule is CC(C)CCCCCCOS(=O)(=O)C1(C)C=CC=CC1C.[Na]. The maximum atomic E-state index is 12.4. The van der Waals surface area contributed by atoms with E-state index in [1.54, 1.807) is 19.1 Å². The summed E-state index contributed by atoms with van der Waals surface area (Å²) in [4.78, 5) is 0. The molecular weight excluding hydrogens is 307 g/mol. The molecule has 0 aliphatic heterocycles. The fourth-order valence-corrected chi connectivity index (χ4v) is 3.81. The van der Waals surface area contributed by atoms with Gasteiger partial charge in [-0.2, -0.15) is 8.42 Å². The van der Waals surface area contributed by atoms with Crippen LogP contribution in [-0.2, 0) is 14.3 Å². The van der Waals surface area contributed by atoms with Crippen molar-refractivity contribution < 1.29 is 12.6 Å². The Labute approximate surface area is 159 Å². The van der Waals surface area contributed by atoms with Crippen LogP contribution in [0.5, 0.6) is 0 Å². The van der Waals surface area contributed by atoms with Crippen molar-refractivity contribution in [3.05, 3.63) is 24.3 Å². The molecule has 0 heterocycles. The summed E-state index contributed by atoms with van der Waals surface area (Å²) in [5.74, 6) is 0.674. The minimum atomic E-state index is -3.58. The summed E-state index contributed by atoms with van der Waals surface area (Å²) in [6.45, 7) is 8.39. The van der Waals surface area contributed by atoms with E-state index in [4.69, 9.17) is 4.18 Å². The van der Waals surface area contributed by atoms with E-state index in [1.165, 1.54) is 12.8 Å². The van der Waals surface area contributed by atoms with Crippen LogP contribution in [0.4, 0.5) is 0 Å². The fraction of sp³-hybridized carbons (Fsp3) is 0.765. The second kappa shape index (κ2) is 10.3. The molecule has 2 atom stereocenters. The maximum Gasteiger partial charge on any atom is 0.277 e. The van der Waals surface area contributed by atoms with Crippen LogP contribution in [0, 0.1) is 11.8 Å². The van der Waals surface area contributed by atoms with Gasteiger partial charge in [0.2, 0.25) is 0 Å². The fourth-order valence-electron chi connectivity index (χ4n) is 2.44. The van der Waals surface area contributed by atoms with Gasteiger partial charge in [-0.05, 0) is 25.2 Å². The van der Waals surface area contributed by atoms with Crippen molar-refractivity contribution in [2.24, 2.45) is 11.8 Å². The van der Waals surface area contributed by atoms with Gasteiger partial charge in [0.15, 0.2) is 0 Å². The predicted octanol–water partition coefficient (Wildman–Crippen LogP) is 4.08. The van der Waals surface area contributed by atoms with Gasteiger partial charge in [0.05, 0.1) is 6.61 Å². The third-order valence-corrected chi connectivity index (χ3v) is 6.36. The van der Waals surface area contributed by atoms with Gasteiger partial charge in [-0.3, -0.25) is 4.18 Å². The number of allylic oxidation sites excluding steroid dienone is 3. The molecule has 1 radical (unpaired) electrons.